The maximum atomic E-state index is 8.83. The zero-order valence-electron chi connectivity index (χ0n) is 11.9. The van der Waals surface area contributed by atoms with Crippen LogP contribution in [-0.4, -0.2) is 18.3 Å². The molecule has 0 saturated carbocycles. The summed E-state index contributed by atoms with van der Waals surface area (Å²) in [5.74, 6) is 1.36. The molecule has 0 aromatic heterocycles. The molecular weight excluding hydrogens is 252 g/mol. The summed E-state index contributed by atoms with van der Waals surface area (Å²) in [5, 5.41) is 8.83. The van der Waals surface area contributed by atoms with Crippen LogP contribution in [0.3, 0.4) is 0 Å². The fourth-order valence-electron chi connectivity index (χ4n) is 1.96. The predicted molar refractivity (Wildman–Crippen MR) is 79.3 cm³/mol. The highest BCUT2D eigenvalue weighted by molar-refractivity contribution is 5.40. The summed E-state index contributed by atoms with van der Waals surface area (Å²) in [5.41, 5.74) is 3.60. The Morgan fingerprint density at radius 1 is 0.950 bits per heavy atom. The molecule has 106 valence electrons. The lowest BCUT2D eigenvalue weighted by Gasteiger charge is -2.13. The van der Waals surface area contributed by atoms with E-state index in [4.69, 9.17) is 14.6 Å². The lowest BCUT2D eigenvalue weighted by Crippen LogP contribution is -2.04. The molecule has 3 heteroatoms. The van der Waals surface area contributed by atoms with Crippen molar-refractivity contribution in [3.63, 3.8) is 0 Å². The molecule has 0 fully saturated rings. The van der Waals surface area contributed by atoms with Crippen LogP contribution in [0.2, 0.25) is 0 Å². The summed E-state index contributed by atoms with van der Waals surface area (Å²) in [7, 11) is 0. The predicted octanol–water partition coefficient (Wildman–Crippen LogP) is 3.25. The van der Waals surface area contributed by atoms with E-state index in [-0.39, 0.29) is 13.2 Å². The van der Waals surface area contributed by atoms with Crippen LogP contribution in [0.4, 0.5) is 0 Å². The van der Waals surface area contributed by atoms with Gasteiger partial charge in [-0.15, -0.1) is 0 Å². The molecule has 2 aromatic carbocycles. The molecular formula is C17H20O3. The van der Waals surface area contributed by atoms with Crippen molar-refractivity contribution in [2.75, 3.05) is 13.2 Å². The highest BCUT2D eigenvalue weighted by Gasteiger charge is 2.06. The molecule has 0 bridgehead atoms. The van der Waals surface area contributed by atoms with Crippen molar-refractivity contribution < 1.29 is 14.6 Å². The van der Waals surface area contributed by atoms with Crippen molar-refractivity contribution >= 4 is 0 Å². The van der Waals surface area contributed by atoms with Crippen LogP contribution < -0.4 is 9.47 Å². The SMILES string of the molecule is Cc1ccc(C)c(COc2ccccc2OCCO)c1. The number of benzene rings is 2. The lowest BCUT2D eigenvalue weighted by molar-refractivity contribution is 0.192. The number of hydrogen-bond acceptors (Lipinski definition) is 3. The third-order valence-electron chi connectivity index (χ3n) is 3.09. The van der Waals surface area contributed by atoms with Gasteiger partial charge in [-0.05, 0) is 37.1 Å². The second-order valence-corrected chi connectivity index (χ2v) is 4.74. The van der Waals surface area contributed by atoms with Crippen LogP contribution in [0.25, 0.3) is 0 Å². The maximum Gasteiger partial charge on any atom is 0.161 e. The molecule has 0 saturated heterocycles. The van der Waals surface area contributed by atoms with E-state index >= 15 is 0 Å². The minimum absolute atomic E-state index is 0.00861. The molecule has 20 heavy (non-hydrogen) atoms. The van der Waals surface area contributed by atoms with E-state index in [9.17, 15) is 0 Å². The van der Waals surface area contributed by atoms with Crippen molar-refractivity contribution in [1.82, 2.24) is 0 Å². The van der Waals surface area contributed by atoms with E-state index in [1.165, 1.54) is 16.7 Å². The minimum atomic E-state index is -0.00861. The van der Waals surface area contributed by atoms with Crippen LogP contribution in [0.15, 0.2) is 42.5 Å². The van der Waals surface area contributed by atoms with Crippen molar-refractivity contribution in [2.45, 2.75) is 20.5 Å². The van der Waals surface area contributed by atoms with Gasteiger partial charge in [0.15, 0.2) is 11.5 Å². The van der Waals surface area contributed by atoms with Gasteiger partial charge in [0.25, 0.3) is 0 Å². The molecule has 0 aliphatic heterocycles. The first-order valence-corrected chi connectivity index (χ1v) is 6.72. The van der Waals surface area contributed by atoms with Crippen LogP contribution >= 0.6 is 0 Å². The smallest absolute Gasteiger partial charge is 0.161 e. The topological polar surface area (TPSA) is 38.7 Å². The van der Waals surface area contributed by atoms with E-state index in [0.29, 0.717) is 18.1 Å². The number of aliphatic hydroxyl groups is 1. The fraction of sp³-hybridized carbons (Fsp3) is 0.294. The standard InChI is InChI=1S/C17H20O3/c1-13-7-8-14(2)15(11-13)12-20-17-6-4-3-5-16(17)19-10-9-18/h3-8,11,18H,9-10,12H2,1-2H3. The van der Waals surface area contributed by atoms with Gasteiger partial charge >= 0.3 is 0 Å². The average Bonchev–Trinajstić information content (AvgIpc) is 2.47. The molecule has 1 N–H and O–H groups in total. The average molecular weight is 272 g/mol. The van der Waals surface area contributed by atoms with E-state index in [2.05, 4.69) is 32.0 Å². The zero-order valence-corrected chi connectivity index (χ0v) is 11.9. The quantitative estimate of drug-likeness (QED) is 0.877. The number of rotatable bonds is 6. The summed E-state index contributed by atoms with van der Waals surface area (Å²) >= 11 is 0. The van der Waals surface area contributed by atoms with Gasteiger partial charge in [0.1, 0.15) is 13.2 Å². The third kappa shape index (κ3) is 3.75. The minimum Gasteiger partial charge on any atom is -0.487 e. The summed E-state index contributed by atoms with van der Waals surface area (Å²) in [6.07, 6.45) is 0. The van der Waals surface area contributed by atoms with Crippen molar-refractivity contribution in [3.8, 4) is 11.5 Å². The molecule has 0 heterocycles. The maximum absolute atomic E-state index is 8.83. The summed E-state index contributed by atoms with van der Waals surface area (Å²) in [6.45, 7) is 4.91. The van der Waals surface area contributed by atoms with Crippen LogP contribution in [0.1, 0.15) is 16.7 Å². The Hall–Kier alpha value is -2.00. The number of aliphatic hydroxyl groups excluding tert-OH is 1. The molecule has 0 amide bonds. The normalized spacial score (nSPS) is 10.3. The van der Waals surface area contributed by atoms with Gasteiger partial charge in [0.05, 0.1) is 6.61 Å². The molecule has 0 aliphatic rings. The molecule has 0 radical (unpaired) electrons. The Balaban J connectivity index is 2.08. The van der Waals surface area contributed by atoms with Gasteiger partial charge < -0.3 is 14.6 Å². The van der Waals surface area contributed by atoms with Gasteiger partial charge in [0.2, 0.25) is 0 Å². The highest BCUT2D eigenvalue weighted by Crippen LogP contribution is 2.27. The van der Waals surface area contributed by atoms with E-state index in [1.54, 1.807) is 0 Å². The Labute approximate surface area is 119 Å². The van der Waals surface area contributed by atoms with Gasteiger partial charge in [-0.1, -0.05) is 35.9 Å². The van der Waals surface area contributed by atoms with Gasteiger partial charge in [-0.25, -0.2) is 0 Å². The molecule has 0 atom stereocenters. The fourth-order valence-corrected chi connectivity index (χ4v) is 1.96. The molecule has 0 spiro atoms. The second-order valence-electron chi connectivity index (χ2n) is 4.74. The second kappa shape index (κ2) is 6.96. The van der Waals surface area contributed by atoms with Gasteiger partial charge in [-0.2, -0.15) is 0 Å². The Morgan fingerprint density at radius 3 is 2.35 bits per heavy atom. The molecule has 2 rings (SSSR count). The number of aryl methyl sites for hydroxylation is 2. The first-order valence-electron chi connectivity index (χ1n) is 6.72. The number of hydrogen-bond donors (Lipinski definition) is 1. The van der Waals surface area contributed by atoms with Gasteiger partial charge in [-0.3, -0.25) is 0 Å². The first-order chi connectivity index (χ1) is 9.70. The summed E-state index contributed by atoms with van der Waals surface area (Å²) in [6, 6.07) is 13.8. The number of ether oxygens (including phenoxy) is 2. The van der Waals surface area contributed by atoms with Crippen molar-refractivity contribution in [1.29, 1.82) is 0 Å². The van der Waals surface area contributed by atoms with E-state index in [0.717, 1.165) is 0 Å². The highest BCUT2D eigenvalue weighted by atomic mass is 16.5. The first kappa shape index (κ1) is 14.4. The zero-order chi connectivity index (χ0) is 14.4. The van der Waals surface area contributed by atoms with Crippen LogP contribution in [-0.2, 0) is 6.61 Å². The Bertz CT molecular complexity index is 564. The van der Waals surface area contributed by atoms with Crippen LogP contribution in [0.5, 0.6) is 11.5 Å². The Kier molecular flexibility index (Phi) is 5.02. The lowest BCUT2D eigenvalue weighted by atomic mass is 10.1. The Morgan fingerprint density at radius 2 is 1.65 bits per heavy atom. The van der Waals surface area contributed by atoms with Crippen molar-refractivity contribution in [3.05, 3.63) is 59.2 Å². The largest absolute Gasteiger partial charge is 0.487 e. The molecule has 0 unspecified atom stereocenters. The molecule has 0 aliphatic carbocycles. The van der Waals surface area contributed by atoms with E-state index < -0.39 is 0 Å². The number of para-hydroxylation sites is 2. The third-order valence-corrected chi connectivity index (χ3v) is 3.09. The van der Waals surface area contributed by atoms with Crippen molar-refractivity contribution in [2.24, 2.45) is 0 Å². The molecule has 2 aromatic rings. The van der Waals surface area contributed by atoms with Gasteiger partial charge in [0, 0.05) is 0 Å². The van der Waals surface area contributed by atoms with E-state index in [1.807, 2.05) is 24.3 Å². The summed E-state index contributed by atoms with van der Waals surface area (Å²) < 4.78 is 11.3. The monoisotopic (exact) mass is 272 g/mol. The summed E-state index contributed by atoms with van der Waals surface area (Å²) in [4.78, 5) is 0. The van der Waals surface area contributed by atoms with Crippen LogP contribution in [0, 0.1) is 13.8 Å². The molecule has 3 nitrogen and oxygen atoms in total.